The Morgan fingerprint density at radius 2 is 0.925 bits per heavy atom. The third-order valence-electron chi connectivity index (χ3n) is 11.1. The molecular formula is C50H28O2S. The van der Waals surface area contributed by atoms with Gasteiger partial charge in [0.05, 0.1) is 6.26 Å². The summed E-state index contributed by atoms with van der Waals surface area (Å²) in [6, 6.07) is 59.4. The van der Waals surface area contributed by atoms with Gasteiger partial charge in [-0.2, -0.15) is 0 Å². The molecule has 0 aliphatic rings. The molecule has 0 saturated heterocycles. The van der Waals surface area contributed by atoms with E-state index < -0.39 is 0 Å². The van der Waals surface area contributed by atoms with Crippen LogP contribution in [0.1, 0.15) is 0 Å². The molecular weight excluding hydrogens is 665 g/mol. The molecule has 3 aromatic heterocycles. The van der Waals surface area contributed by atoms with Crippen LogP contribution in [-0.2, 0) is 0 Å². The fourth-order valence-corrected chi connectivity index (χ4v) is 9.75. The lowest BCUT2D eigenvalue weighted by Gasteiger charge is -2.18. The van der Waals surface area contributed by atoms with E-state index >= 15 is 0 Å². The lowest BCUT2D eigenvalue weighted by molar-refractivity contribution is 0.617. The van der Waals surface area contributed by atoms with Crippen molar-refractivity contribution < 1.29 is 8.83 Å². The summed E-state index contributed by atoms with van der Waals surface area (Å²) in [5.74, 6) is 0. The molecule has 0 radical (unpaired) electrons. The lowest BCUT2D eigenvalue weighted by atomic mass is 9.85. The van der Waals surface area contributed by atoms with E-state index in [2.05, 4.69) is 164 Å². The van der Waals surface area contributed by atoms with Crippen LogP contribution < -0.4 is 0 Å². The van der Waals surface area contributed by atoms with Gasteiger partial charge in [0.2, 0.25) is 0 Å². The van der Waals surface area contributed by atoms with E-state index in [1.54, 1.807) is 0 Å². The minimum Gasteiger partial charge on any atom is -0.464 e. The smallest absolute Gasteiger partial charge is 0.136 e. The number of fused-ring (bicyclic) bond motifs is 10. The maximum absolute atomic E-state index is 6.70. The van der Waals surface area contributed by atoms with E-state index in [0.717, 1.165) is 49.6 Å². The summed E-state index contributed by atoms with van der Waals surface area (Å²) in [6.45, 7) is 0. The Hall–Kier alpha value is -6.68. The standard InChI is InChI=1S/C50H28O2S/c1-2-10-30-23-31(18-17-29(30)9-1)43-28-51-44-26-40-34-21-19-33(25-45(34)52-46(40)27-41(43)44)50-38-14-5-3-12-36(38)49(37-13-4-6-15-39(37)50)32-20-22-48-42(24-32)35-11-7-8-16-47(35)53-48/h1-28H. The summed E-state index contributed by atoms with van der Waals surface area (Å²) < 4.78 is 15.5. The van der Waals surface area contributed by atoms with Crippen molar-refractivity contribution in [2.75, 3.05) is 0 Å². The molecule has 0 N–H and O–H groups in total. The molecule has 0 amide bonds. The first-order valence-corrected chi connectivity index (χ1v) is 18.8. The van der Waals surface area contributed by atoms with Crippen LogP contribution in [0.3, 0.4) is 0 Å². The van der Waals surface area contributed by atoms with E-state index in [0.29, 0.717) is 0 Å². The highest BCUT2D eigenvalue weighted by molar-refractivity contribution is 7.25. The second-order valence-corrected chi connectivity index (χ2v) is 15.1. The van der Waals surface area contributed by atoms with Crippen molar-refractivity contribution in [2.45, 2.75) is 0 Å². The SMILES string of the molecule is c1ccc2cc(-c3coc4cc5c(cc34)oc3cc(-c4c6ccccc6c(-c6ccc7sc8ccccc8c7c6)c6ccccc46)ccc35)ccc2c1. The monoisotopic (exact) mass is 692 g/mol. The second kappa shape index (κ2) is 10.9. The van der Waals surface area contributed by atoms with E-state index in [4.69, 9.17) is 8.83 Å². The quantitative estimate of drug-likeness (QED) is 0.172. The van der Waals surface area contributed by atoms with Crippen molar-refractivity contribution in [3.05, 3.63) is 170 Å². The van der Waals surface area contributed by atoms with Crippen LogP contribution in [0.5, 0.6) is 0 Å². The minimum atomic E-state index is 0.855. The van der Waals surface area contributed by atoms with E-state index in [1.165, 1.54) is 69.2 Å². The molecule has 12 aromatic rings. The molecule has 3 heteroatoms. The molecule has 0 bridgehead atoms. The molecule has 0 spiro atoms. The van der Waals surface area contributed by atoms with Crippen LogP contribution in [0.2, 0.25) is 0 Å². The first-order valence-electron chi connectivity index (χ1n) is 18.0. The van der Waals surface area contributed by atoms with Gasteiger partial charge >= 0.3 is 0 Å². The van der Waals surface area contributed by atoms with Gasteiger partial charge in [0.15, 0.2) is 0 Å². The van der Waals surface area contributed by atoms with Gasteiger partial charge in [0, 0.05) is 41.9 Å². The number of hydrogen-bond acceptors (Lipinski definition) is 3. The van der Waals surface area contributed by atoms with Gasteiger partial charge in [-0.3, -0.25) is 0 Å². The largest absolute Gasteiger partial charge is 0.464 e. The van der Waals surface area contributed by atoms with Crippen LogP contribution in [0.4, 0.5) is 0 Å². The Morgan fingerprint density at radius 1 is 0.340 bits per heavy atom. The predicted octanol–water partition coefficient (Wildman–Crippen LogP) is 15.2. The fourth-order valence-electron chi connectivity index (χ4n) is 8.66. The molecule has 53 heavy (non-hydrogen) atoms. The van der Waals surface area contributed by atoms with Gasteiger partial charge in [0.25, 0.3) is 0 Å². The molecule has 0 aliphatic heterocycles. The normalized spacial score (nSPS) is 12.2. The molecule has 0 aliphatic carbocycles. The Labute approximate surface area is 307 Å². The molecule has 12 rings (SSSR count). The summed E-state index contributed by atoms with van der Waals surface area (Å²) in [4.78, 5) is 0. The fraction of sp³-hybridized carbons (Fsp3) is 0. The topological polar surface area (TPSA) is 26.3 Å². The lowest BCUT2D eigenvalue weighted by Crippen LogP contribution is -1.90. The molecule has 2 nitrogen and oxygen atoms in total. The first kappa shape index (κ1) is 29.0. The molecule has 9 aromatic carbocycles. The minimum absolute atomic E-state index is 0.855. The highest BCUT2D eigenvalue weighted by Gasteiger charge is 2.20. The Balaban J connectivity index is 1.05. The zero-order chi connectivity index (χ0) is 34.6. The molecule has 3 heterocycles. The van der Waals surface area contributed by atoms with Crippen molar-refractivity contribution in [1.29, 1.82) is 0 Å². The molecule has 0 unspecified atom stereocenters. The maximum Gasteiger partial charge on any atom is 0.136 e. The molecule has 0 atom stereocenters. The average Bonchev–Trinajstić information content (AvgIpc) is 3.91. The zero-order valence-electron chi connectivity index (χ0n) is 28.4. The maximum atomic E-state index is 6.70. The molecule has 0 fully saturated rings. The summed E-state index contributed by atoms with van der Waals surface area (Å²) in [7, 11) is 0. The van der Waals surface area contributed by atoms with E-state index in [9.17, 15) is 0 Å². The van der Waals surface area contributed by atoms with Crippen molar-refractivity contribution >= 4 is 96.7 Å². The molecule has 0 saturated carbocycles. The van der Waals surface area contributed by atoms with Crippen molar-refractivity contribution in [3.63, 3.8) is 0 Å². The third kappa shape index (κ3) is 4.26. The van der Waals surface area contributed by atoms with Gasteiger partial charge in [0.1, 0.15) is 16.7 Å². The van der Waals surface area contributed by atoms with Gasteiger partial charge < -0.3 is 8.83 Å². The number of thiophene rings is 1. The Bertz CT molecular complexity index is 3410. The van der Waals surface area contributed by atoms with Crippen LogP contribution in [0.15, 0.2) is 179 Å². The predicted molar refractivity (Wildman–Crippen MR) is 225 cm³/mol. The van der Waals surface area contributed by atoms with Gasteiger partial charge in [-0.05, 0) is 109 Å². The Kier molecular flexibility index (Phi) is 5.96. The van der Waals surface area contributed by atoms with Gasteiger partial charge in [-0.15, -0.1) is 11.3 Å². The van der Waals surface area contributed by atoms with Gasteiger partial charge in [-0.1, -0.05) is 115 Å². The number of rotatable bonds is 3. The van der Waals surface area contributed by atoms with Crippen LogP contribution in [0.25, 0.3) is 119 Å². The zero-order valence-corrected chi connectivity index (χ0v) is 29.2. The van der Waals surface area contributed by atoms with Crippen molar-refractivity contribution in [1.82, 2.24) is 0 Å². The molecule has 246 valence electrons. The number of furan rings is 2. The van der Waals surface area contributed by atoms with E-state index in [1.807, 2.05) is 17.6 Å². The van der Waals surface area contributed by atoms with Crippen LogP contribution in [-0.4, -0.2) is 0 Å². The first-order chi connectivity index (χ1) is 26.2. The highest BCUT2D eigenvalue weighted by atomic mass is 32.1. The third-order valence-corrected chi connectivity index (χ3v) is 12.3. The van der Waals surface area contributed by atoms with Crippen LogP contribution in [0, 0.1) is 0 Å². The summed E-state index contributed by atoms with van der Waals surface area (Å²) in [6.07, 6.45) is 1.87. The highest BCUT2D eigenvalue weighted by Crippen LogP contribution is 2.46. The van der Waals surface area contributed by atoms with Crippen molar-refractivity contribution in [3.8, 4) is 33.4 Å². The average molecular weight is 693 g/mol. The number of hydrogen-bond donors (Lipinski definition) is 0. The second-order valence-electron chi connectivity index (χ2n) is 14.0. The summed E-state index contributed by atoms with van der Waals surface area (Å²) >= 11 is 1.86. The van der Waals surface area contributed by atoms with Crippen LogP contribution >= 0.6 is 11.3 Å². The van der Waals surface area contributed by atoms with E-state index in [-0.39, 0.29) is 0 Å². The van der Waals surface area contributed by atoms with Gasteiger partial charge in [-0.25, -0.2) is 0 Å². The number of benzene rings is 9. The summed E-state index contributed by atoms with van der Waals surface area (Å²) in [5.41, 5.74) is 9.63. The Morgan fingerprint density at radius 3 is 1.70 bits per heavy atom. The van der Waals surface area contributed by atoms with Crippen molar-refractivity contribution in [2.24, 2.45) is 0 Å². The summed E-state index contributed by atoms with van der Waals surface area (Å²) in [5, 5.41) is 13.2.